The van der Waals surface area contributed by atoms with Gasteiger partial charge in [-0.2, -0.15) is 0 Å². The minimum absolute atomic E-state index is 0.130. The molecular weight excluding hydrogens is 558 g/mol. The molecule has 174 valence electrons. The van der Waals surface area contributed by atoms with Crippen molar-refractivity contribution in [2.45, 2.75) is 6.92 Å². The predicted molar refractivity (Wildman–Crippen MR) is 133 cm³/mol. The zero-order valence-electron chi connectivity index (χ0n) is 18.2. The van der Waals surface area contributed by atoms with Crippen molar-refractivity contribution in [3.05, 3.63) is 45.5 Å². The molecule has 0 unspecified atom stereocenters. The van der Waals surface area contributed by atoms with Crippen LogP contribution >= 0.6 is 31.9 Å². The summed E-state index contributed by atoms with van der Waals surface area (Å²) in [6.07, 6.45) is 2.13. The normalized spacial score (nSPS) is 13.8. The molecule has 0 bridgehead atoms. The number of nitrogens with zero attached hydrogens (tertiary/aromatic N) is 2. The summed E-state index contributed by atoms with van der Waals surface area (Å²) in [5, 5.41) is 3.62. The lowest BCUT2D eigenvalue weighted by Gasteiger charge is -2.28. The van der Waals surface area contributed by atoms with E-state index >= 15 is 0 Å². The second-order valence-electron chi connectivity index (χ2n) is 7.45. The van der Waals surface area contributed by atoms with Crippen LogP contribution in [0.2, 0.25) is 0 Å². The fraction of sp³-hybridized carbons (Fsp3) is 0.304. The van der Waals surface area contributed by atoms with Crippen molar-refractivity contribution in [2.75, 3.05) is 43.1 Å². The lowest BCUT2D eigenvalue weighted by atomic mass is 10.2. The van der Waals surface area contributed by atoms with Gasteiger partial charge < -0.3 is 29.0 Å². The SMILES string of the molecule is CCOC(=O)C(=O)Nc1cc(Br)c(Oc2ccc3c(c2)c(N2CCOCC2)cn3C)c(Br)c1. The highest BCUT2D eigenvalue weighted by Gasteiger charge is 2.19. The first-order chi connectivity index (χ1) is 15.9. The highest BCUT2D eigenvalue weighted by Crippen LogP contribution is 2.41. The van der Waals surface area contributed by atoms with Gasteiger partial charge in [-0.1, -0.05) is 0 Å². The number of esters is 1. The van der Waals surface area contributed by atoms with E-state index in [1.54, 1.807) is 19.1 Å². The third kappa shape index (κ3) is 5.18. The van der Waals surface area contributed by atoms with Crippen molar-refractivity contribution in [2.24, 2.45) is 7.05 Å². The molecule has 1 aliphatic rings. The standard InChI is InChI=1S/C23H23Br2N3O5/c1-3-32-23(30)22(29)26-14-10-17(24)21(18(25)11-14)33-15-4-5-19-16(12-15)20(13-27(19)2)28-6-8-31-9-7-28/h4-5,10-13H,3,6-9H2,1-2H3,(H,26,29). The monoisotopic (exact) mass is 579 g/mol. The smallest absolute Gasteiger partial charge is 0.397 e. The molecule has 0 aliphatic carbocycles. The van der Waals surface area contributed by atoms with Gasteiger partial charge in [-0.25, -0.2) is 4.79 Å². The molecule has 1 aromatic heterocycles. The fourth-order valence-corrected chi connectivity index (χ4v) is 5.04. The number of halogens is 2. The van der Waals surface area contributed by atoms with E-state index < -0.39 is 11.9 Å². The van der Waals surface area contributed by atoms with Crippen LogP contribution in [0, 0.1) is 0 Å². The number of aromatic nitrogens is 1. The summed E-state index contributed by atoms with van der Waals surface area (Å²) in [5.41, 5.74) is 2.68. The Hall–Kier alpha value is -2.56. The van der Waals surface area contributed by atoms with Crippen molar-refractivity contribution in [3.63, 3.8) is 0 Å². The van der Waals surface area contributed by atoms with Crippen LogP contribution in [0.1, 0.15) is 6.92 Å². The molecule has 3 aromatic rings. The third-order valence-electron chi connectivity index (χ3n) is 5.23. The Balaban J connectivity index is 1.59. The number of fused-ring (bicyclic) bond motifs is 1. The molecule has 1 aliphatic heterocycles. The van der Waals surface area contributed by atoms with Crippen LogP contribution in [-0.2, 0) is 26.1 Å². The topological polar surface area (TPSA) is 82.0 Å². The van der Waals surface area contributed by atoms with E-state index in [2.05, 4.69) is 52.8 Å². The summed E-state index contributed by atoms with van der Waals surface area (Å²) >= 11 is 6.99. The Morgan fingerprint density at radius 2 is 1.82 bits per heavy atom. The third-order valence-corrected chi connectivity index (χ3v) is 6.41. The average Bonchev–Trinajstić information content (AvgIpc) is 3.13. The molecule has 1 N–H and O–H groups in total. The van der Waals surface area contributed by atoms with Crippen LogP contribution in [0.15, 0.2) is 45.5 Å². The first-order valence-corrected chi connectivity index (χ1v) is 12.0. The van der Waals surface area contributed by atoms with Crippen LogP contribution in [0.4, 0.5) is 11.4 Å². The molecule has 2 aromatic carbocycles. The van der Waals surface area contributed by atoms with Gasteiger partial charge in [0.1, 0.15) is 5.75 Å². The van der Waals surface area contributed by atoms with Gasteiger partial charge in [0.25, 0.3) is 0 Å². The van der Waals surface area contributed by atoms with Gasteiger partial charge in [0.15, 0.2) is 5.75 Å². The Kier molecular flexibility index (Phi) is 7.26. The molecule has 1 amide bonds. The maximum absolute atomic E-state index is 11.9. The second-order valence-corrected chi connectivity index (χ2v) is 9.16. The predicted octanol–water partition coefficient (Wildman–Crippen LogP) is 4.83. The minimum Gasteiger partial charge on any atom is -0.459 e. The number of benzene rings is 2. The maximum atomic E-state index is 11.9. The van der Waals surface area contributed by atoms with Gasteiger partial charge in [0.2, 0.25) is 0 Å². The quantitative estimate of drug-likeness (QED) is 0.344. The molecule has 10 heteroatoms. The van der Waals surface area contributed by atoms with E-state index in [-0.39, 0.29) is 6.61 Å². The highest BCUT2D eigenvalue weighted by atomic mass is 79.9. The van der Waals surface area contributed by atoms with Crippen molar-refractivity contribution >= 4 is 66.0 Å². The average molecular weight is 581 g/mol. The van der Waals surface area contributed by atoms with Crippen molar-refractivity contribution in [3.8, 4) is 11.5 Å². The molecule has 0 atom stereocenters. The number of hydrogen-bond donors (Lipinski definition) is 1. The van der Waals surface area contributed by atoms with E-state index in [1.807, 2.05) is 25.2 Å². The number of carbonyl (C=O) groups excluding carboxylic acids is 2. The van der Waals surface area contributed by atoms with E-state index in [4.69, 9.17) is 14.2 Å². The number of carbonyl (C=O) groups is 2. The Labute approximate surface area is 208 Å². The van der Waals surface area contributed by atoms with E-state index in [9.17, 15) is 9.59 Å². The van der Waals surface area contributed by atoms with E-state index in [0.29, 0.717) is 39.3 Å². The molecule has 1 fully saturated rings. The summed E-state index contributed by atoms with van der Waals surface area (Å²) < 4.78 is 19.7. The number of morpholine rings is 1. The van der Waals surface area contributed by atoms with Gasteiger partial charge in [-0.05, 0) is 69.1 Å². The molecular formula is C23H23Br2N3O5. The molecule has 8 nitrogen and oxygen atoms in total. The molecule has 0 saturated carbocycles. The van der Waals surface area contributed by atoms with Crippen LogP contribution in [0.3, 0.4) is 0 Å². The minimum atomic E-state index is -0.933. The number of anilines is 2. The zero-order valence-corrected chi connectivity index (χ0v) is 21.4. The number of hydrogen-bond acceptors (Lipinski definition) is 6. The molecule has 33 heavy (non-hydrogen) atoms. The summed E-state index contributed by atoms with van der Waals surface area (Å²) in [4.78, 5) is 25.8. The molecule has 1 saturated heterocycles. The number of aryl methyl sites for hydroxylation is 1. The van der Waals surface area contributed by atoms with Crippen LogP contribution in [0.5, 0.6) is 11.5 Å². The number of amides is 1. The van der Waals surface area contributed by atoms with Crippen molar-refractivity contribution < 1.29 is 23.8 Å². The number of rotatable bonds is 5. The maximum Gasteiger partial charge on any atom is 0.397 e. The summed E-state index contributed by atoms with van der Waals surface area (Å²) in [7, 11) is 2.03. The van der Waals surface area contributed by atoms with Crippen LogP contribution in [-0.4, -0.2) is 49.4 Å². The number of nitrogens with one attached hydrogen (secondary N) is 1. The first-order valence-electron chi connectivity index (χ1n) is 10.4. The Bertz CT molecular complexity index is 1180. The highest BCUT2D eigenvalue weighted by molar-refractivity contribution is 9.11. The second kappa shape index (κ2) is 10.1. The Morgan fingerprint density at radius 1 is 1.12 bits per heavy atom. The van der Waals surface area contributed by atoms with E-state index in [1.165, 1.54) is 0 Å². The zero-order chi connectivity index (χ0) is 23.5. The fourth-order valence-electron chi connectivity index (χ4n) is 3.70. The van der Waals surface area contributed by atoms with Crippen LogP contribution < -0.4 is 15.0 Å². The summed E-state index contributed by atoms with van der Waals surface area (Å²) in [5.74, 6) is -0.549. The molecule has 4 rings (SSSR count). The van der Waals surface area contributed by atoms with E-state index in [0.717, 1.165) is 29.7 Å². The summed E-state index contributed by atoms with van der Waals surface area (Å²) in [6, 6.07) is 9.30. The Morgan fingerprint density at radius 3 is 2.48 bits per heavy atom. The van der Waals surface area contributed by atoms with Gasteiger partial charge in [-0.15, -0.1) is 0 Å². The lowest BCUT2D eigenvalue weighted by molar-refractivity contribution is -0.152. The van der Waals surface area contributed by atoms with Crippen molar-refractivity contribution in [1.29, 1.82) is 0 Å². The summed E-state index contributed by atoms with van der Waals surface area (Å²) in [6.45, 7) is 4.89. The van der Waals surface area contributed by atoms with Gasteiger partial charge >= 0.3 is 11.9 Å². The number of ether oxygens (including phenoxy) is 3. The van der Waals surface area contributed by atoms with Gasteiger partial charge in [0, 0.05) is 37.4 Å². The van der Waals surface area contributed by atoms with Crippen LogP contribution in [0.25, 0.3) is 10.9 Å². The lowest BCUT2D eigenvalue weighted by Crippen LogP contribution is -2.36. The first kappa shape index (κ1) is 23.6. The molecule has 2 heterocycles. The van der Waals surface area contributed by atoms with Gasteiger partial charge in [-0.3, -0.25) is 4.79 Å². The largest absolute Gasteiger partial charge is 0.459 e. The molecule has 0 radical (unpaired) electrons. The van der Waals surface area contributed by atoms with Crippen molar-refractivity contribution in [1.82, 2.24) is 4.57 Å². The van der Waals surface area contributed by atoms with Gasteiger partial charge in [0.05, 0.1) is 40.0 Å². The molecule has 0 spiro atoms.